The topological polar surface area (TPSA) is 72.2 Å². The lowest BCUT2D eigenvalue weighted by atomic mass is 9.93. The van der Waals surface area contributed by atoms with E-state index in [4.69, 9.17) is 5.73 Å². The molecule has 4 nitrogen and oxygen atoms in total. The smallest absolute Gasteiger partial charge is 0.248 e. The van der Waals surface area contributed by atoms with Gasteiger partial charge in [-0.25, -0.2) is 0 Å². The Morgan fingerprint density at radius 1 is 1.32 bits per heavy atom. The summed E-state index contributed by atoms with van der Waals surface area (Å²) < 4.78 is 0. The molecule has 0 heterocycles. The van der Waals surface area contributed by atoms with Gasteiger partial charge < -0.3 is 11.1 Å². The van der Waals surface area contributed by atoms with E-state index in [9.17, 15) is 9.59 Å². The number of amides is 2. The van der Waals surface area contributed by atoms with Crippen molar-refractivity contribution in [1.82, 2.24) is 5.32 Å². The summed E-state index contributed by atoms with van der Waals surface area (Å²) in [5.74, 6) is -0.302. The number of carbonyl (C=O) groups is 2. The number of hydrogen-bond donors (Lipinski definition) is 2. The first-order valence-electron chi connectivity index (χ1n) is 6.48. The second-order valence-corrected chi connectivity index (χ2v) is 4.76. The Balaban J connectivity index is 1.91. The van der Waals surface area contributed by atoms with Crippen molar-refractivity contribution >= 4 is 11.8 Å². The molecule has 1 aliphatic rings. The van der Waals surface area contributed by atoms with Gasteiger partial charge >= 0.3 is 0 Å². The highest BCUT2D eigenvalue weighted by Crippen LogP contribution is 2.18. The second-order valence-electron chi connectivity index (χ2n) is 4.76. The van der Waals surface area contributed by atoms with Crippen molar-refractivity contribution in [3.63, 3.8) is 0 Å². The standard InChI is InChI=1S/C15H18N2O2/c16-14(18)13-8-4-5-11(9-13)10-17-15(19)12-6-2-1-3-7-12/h1-2,4-5,8-9,12H,3,6-7,10H2,(H2,16,18)(H,17,19)/t12-/m1/s1. The highest BCUT2D eigenvalue weighted by atomic mass is 16.2. The molecule has 3 N–H and O–H groups in total. The number of allylic oxidation sites excluding steroid dienone is 2. The molecule has 0 spiro atoms. The minimum atomic E-state index is -0.453. The maximum absolute atomic E-state index is 12.0. The number of carbonyl (C=O) groups excluding carboxylic acids is 2. The zero-order valence-electron chi connectivity index (χ0n) is 10.8. The molecule has 1 aliphatic carbocycles. The number of primary amides is 1. The van der Waals surface area contributed by atoms with E-state index >= 15 is 0 Å². The van der Waals surface area contributed by atoms with Crippen LogP contribution in [0, 0.1) is 5.92 Å². The normalized spacial score (nSPS) is 18.0. The van der Waals surface area contributed by atoms with Crippen LogP contribution in [0.2, 0.25) is 0 Å². The summed E-state index contributed by atoms with van der Waals surface area (Å²) >= 11 is 0. The maximum Gasteiger partial charge on any atom is 0.248 e. The highest BCUT2D eigenvalue weighted by molar-refractivity contribution is 5.92. The fourth-order valence-corrected chi connectivity index (χ4v) is 2.20. The third-order valence-corrected chi connectivity index (χ3v) is 3.32. The Bertz CT molecular complexity index is 509. The van der Waals surface area contributed by atoms with Gasteiger partial charge in [0, 0.05) is 18.0 Å². The molecule has 0 unspecified atom stereocenters. The maximum atomic E-state index is 12.0. The molecular formula is C15H18N2O2. The van der Waals surface area contributed by atoms with E-state index < -0.39 is 5.91 Å². The molecule has 100 valence electrons. The van der Waals surface area contributed by atoms with Gasteiger partial charge in [-0.1, -0.05) is 24.3 Å². The zero-order chi connectivity index (χ0) is 13.7. The van der Waals surface area contributed by atoms with Crippen LogP contribution >= 0.6 is 0 Å². The van der Waals surface area contributed by atoms with Gasteiger partial charge in [-0.15, -0.1) is 0 Å². The fraction of sp³-hybridized carbons (Fsp3) is 0.333. The van der Waals surface area contributed by atoms with Crippen molar-refractivity contribution in [3.05, 3.63) is 47.5 Å². The van der Waals surface area contributed by atoms with Gasteiger partial charge in [-0.3, -0.25) is 9.59 Å². The molecule has 0 aliphatic heterocycles. The third kappa shape index (κ3) is 3.68. The average Bonchev–Trinajstić information content (AvgIpc) is 2.46. The van der Waals surface area contributed by atoms with Crippen LogP contribution in [-0.2, 0) is 11.3 Å². The van der Waals surface area contributed by atoms with E-state index in [1.807, 2.05) is 6.07 Å². The molecule has 0 bridgehead atoms. The number of nitrogens with one attached hydrogen (secondary N) is 1. The summed E-state index contributed by atoms with van der Waals surface area (Å²) in [6, 6.07) is 7.02. The second kappa shape index (κ2) is 6.18. The molecule has 2 rings (SSSR count). The summed E-state index contributed by atoms with van der Waals surface area (Å²) in [6.45, 7) is 0.431. The number of rotatable bonds is 4. The molecule has 0 aromatic heterocycles. The molecule has 1 aromatic rings. The Labute approximate surface area is 112 Å². The number of benzene rings is 1. The lowest BCUT2D eigenvalue weighted by Gasteiger charge is -2.17. The van der Waals surface area contributed by atoms with Crippen molar-refractivity contribution in [2.24, 2.45) is 11.7 Å². The van der Waals surface area contributed by atoms with Crippen molar-refractivity contribution in [1.29, 1.82) is 0 Å². The van der Waals surface area contributed by atoms with Crippen molar-refractivity contribution in [3.8, 4) is 0 Å². The highest BCUT2D eigenvalue weighted by Gasteiger charge is 2.18. The molecule has 0 fully saturated rings. The predicted molar refractivity (Wildman–Crippen MR) is 73.3 cm³/mol. The van der Waals surface area contributed by atoms with Crippen LogP contribution < -0.4 is 11.1 Å². The average molecular weight is 258 g/mol. The quantitative estimate of drug-likeness (QED) is 0.808. The Morgan fingerprint density at radius 2 is 2.16 bits per heavy atom. The van der Waals surface area contributed by atoms with Gasteiger partial charge in [-0.2, -0.15) is 0 Å². The van der Waals surface area contributed by atoms with Crippen LogP contribution in [0.15, 0.2) is 36.4 Å². The Hall–Kier alpha value is -2.10. The van der Waals surface area contributed by atoms with E-state index in [0.29, 0.717) is 12.1 Å². The first kappa shape index (κ1) is 13.3. The summed E-state index contributed by atoms with van der Waals surface area (Å²) in [7, 11) is 0. The number of nitrogens with two attached hydrogens (primary N) is 1. The van der Waals surface area contributed by atoms with Gasteiger partial charge in [0.15, 0.2) is 0 Å². The summed E-state index contributed by atoms with van der Waals surface area (Å²) in [5.41, 5.74) is 6.57. The SMILES string of the molecule is NC(=O)c1cccc(CNC(=O)[C@@H]2CC=CCC2)c1. The van der Waals surface area contributed by atoms with Gasteiger partial charge in [0.1, 0.15) is 0 Å². The van der Waals surface area contributed by atoms with Gasteiger partial charge in [0.25, 0.3) is 0 Å². The van der Waals surface area contributed by atoms with E-state index in [0.717, 1.165) is 24.8 Å². The van der Waals surface area contributed by atoms with Crippen molar-refractivity contribution in [2.45, 2.75) is 25.8 Å². The van der Waals surface area contributed by atoms with Crippen LogP contribution in [-0.4, -0.2) is 11.8 Å². The molecule has 0 saturated carbocycles. The molecule has 19 heavy (non-hydrogen) atoms. The van der Waals surface area contributed by atoms with Crippen LogP contribution in [0.25, 0.3) is 0 Å². The Kier molecular flexibility index (Phi) is 4.34. The molecule has 1 aromatic carbocycles. The first-order valence-corrected chi connectivity index (χ1v) is 6.48. The lowest BCUT2D eigenvalue weighted by Crippen LogP contribution is -2.30. The summed E-state index contributed by atoms with van der Waals surface area (Å²) in [4.78, 5) is 23.0. The molecular weight excluding hydrogens is 240 g/mol. The molecule has 1 atom stereocenters. The largest absolute Gasteiger partial charge is 0.366 e. The van der Waals surface area contributed by atoms with E-state index in [2.05, 4.69) is 17.5 Å². The predicted octanol–water partition coefficient (Wildman–Crippen LogP) is 1.76. The van der Waals surface area contributed by atoms with E-state index in [-0.39, 0.29) is 11.8 Å². The minimum Gasteiger partial charge on any atom is -0.366 e. The van der Waals surface area contributed by atoms with E-state index in [1.165, 1.54) is 0 Å². The van der Waals surface area contributed by atoms with Crippen LogP contribution in [0.3, 0.4) is 0 Å². The van der Waals surface area contributed by atoms with Crippen molar-refractivity contribution < 1.29 is 9.59 Å². The Morgan fingerprint density at radius 3 is 2.84 bits per heavy atom. The van der Waals surface area contributed by atoms with Gasteiger partial charge in [-0.05, 0) is 37.0 Å². The van der Waals surface area contributed by atoms with E-state index in [1.54, 1.807) is 18.2 Å². The third-order valence-electron chi connectivity index (χ3n) is 3.32. The van der Waals surface area contributed by atoms with Crippen LogP contribution in [0.1, 0.15) is 35.2 Å². The van der Waals surface area contributed by atoms with Crippen LogP contribution in [0.5, 0.6) is 0 Å². The van der Waals surface area contributed by atoms with Crippen molar-refractivity contribution in [2.75, 3.05) is 0 Å². The zero-order valence-corrected chi connectivity index (χ0v) is 10.8. The molecule has 2 amide bonds. The minimum absolute atomic E-state index is 0.0734. The molecule has 4 heteroatoms. The summed E-state index contributed by atoms with van der Waals surface area (Å²) in [5, 5.41) is 2.91. The number of hydrogen-bond acceptors (Lipinski definition) is 2. The fourth-order valence-electron chi connectivity index (χ4n) is 2.20. The van der Waals surface area contributed by atoms with Crippen LogP contribution in [0.4, 0.5) is 0 Å². The summed E-state index contributed by atoms with van der Waals surface area (Å²) in [6.07, 6.45) is 6.85. The molecule has 0 saturated heterocycles. The molecule has 0 radical (unpaired) electrons. The monoisotopic (exact) mass is 258 g/mol. The first-order chi connectivity index (χ1) is 9.16. The lowest BCUT2D eigenvalue weighted by molar-refractivity contribution is -0.125. The van der Waals surface area contributed by atoms with Gasteiger partial charge in [0.05, 0.1) is 0 Å². The van der Waals surface area contributed by atoms with Gasteiger partial charge in [0.2, 0.25) is 11.8 Å².